The molecule has 0 unspecified atom stereocenters. The monoisotopic (exact) mass is 526 g/mol. The van der Waals surface area contributed by atoms with Crippen molar-refractivity contribution in [3.8, 4) is 6.07 Å². The number of hydrogen-bond acceptors (Lipinski definition) is 9. The molecule has 3 aliphatic rings. The van der Waals surface area contributed by atoms with Gasteiger partial charge in [-0.15, -0.1) is 16.8 Å². The molecule has 196 valence electrons. The van der Waals surface area contributed by atoms with Gasteiger partial charge in [0.05, 0.1) is 18.0 Å². The third kappa shape index (κ3) is 6.83. The summed E-state index contributed by atoms with van der Waals surface area (Å²) in [5.74, 6) is 0.160. The number of nitriles is 1. The minimum absolute atomic E-state index is 0.155. The van der Waals surface area contributed by atoms with Crippen LogP contribution in [0.1, 0.15) is 40.0 Å². The molecule has 12 heteroatoms. The molecule has 3 rings (SSSR count). The zero-order chi connectivity index (χ0) is 26.0. The molecule has 35 heavy (non-hydrogen) atoms. The Kier molecular flexibility index (Phi) is 8.33. The first kappa shape index (κ1) is 27.6. The summed E-state index contributed by atoms with van der Waals surface area (Å²) in [6.07, 6.45) is 0.126. The van der Waals surface area contributed by atoms with Crippen LogP contribution in [-0.2, 0) is 19.1 Å². The largest absolute Gasteiger partial charge is 0.527 e. The Morgan fingerprint density at radius 3 is 2.49 bits per heavy atom. The zero-order valence-electron chi connectivity index (χ0n) is 21.6. The van der Waals surface area contributed by atoms with Crippen molar-refractivity contribution in [2.75, 3.05) is 25.4 Å². The van der Waals surface area contributed by atoms with Crippen LogP contribution in [0, 0.1) is 17.2 Å². The Hall–Kier alpha value is -1.97. The van der Waals surface area contributed by atoms with Gasteiger partial charge in [-0.05, 0) is 45.6 Å². The number of rotatable bonds is 6. The standard InChI is InChI=1S/C23H38N4O6SSi/c1-22(2,3)32-20(29)25-23(13-18-27(19(23)28)17(14-24)15-34-18)16-7-9-26(10-8-16)33-21(30)31-11-12-35(4,5)6/h16-18H,7-13,15H2,1-6H3,(H,25,29)/t17-,18+,23+/m1/s1. The molecule has 0 aromatic heterocycles. The van der Waals surface area contributed by atoms with Crippen LogP contribution in [0.2, 0.25) is 25.7 Å². The van der Waals surface area contributed by atoms with Gasteiger partial charge in [0.25, 0.3) is 5.91 Å². The molecule has 0 aromatic carbocycles. The van der Waals surface area contributed by atoms with Gasteiger partial charge >= 0.3 is 12.2 Å². The molecular formula is C23H38N4O6SSi. The second-order valence-electron chi connectivity index (χ2n) is 11.7. The van der Waals surface area contributed by atoms with E-state index in [-0.39, 0.29) is 17.2 Å². The lowest BCUT2D eigenvalue weighted by Gasteiger charge is -2.41. The molecule has 3 heterocycles. The molecule has 0 saturated carbocycles. The van der Waals surface area contributed by atoms with E-state index in [0.29, 0.717) is 44.7 Å². The lowest BCUT2D eigenvalue weighted by atomic mass is 9.76. The molecule has 3 saturated heterocycles. The maximum absolute atomic E-state index is 13.7. The van der Waals surface area contributed by atoms with E-state index in [0.717, 1.165) is 6.04 Å². The van der Waals surface area contributed by atoms with Crippen LogP contribution in [0.15, 0.2) is 0 Å². The highest BCUT2D eigenvalue weighted by Crippen LogP contribution is 2.47. The summed E-state index contributed by atoms with van der Waals surface area (Å²) < 4.78 is 10.7. The first-order valence-electron chi connectivity index (χ1n) is 12.2. The van der Waals surface area contributed by atoms with Gasteiger partial charge in [-0.1, -0.05) is 19.6 Å². The fourth-order valence-corrected chi connectivity index (χ4v) is 6.87. The number of alkyl carbamates (subject to hydrolysis) is 1. The number of piperidine rings is 1. The average Bonchev–Trinajstić information content (AvgIpc) is 3.24. The van der Waals surface area contributed by atoms with Crippen molar-refractivity contribution in [1.82, 2.24) is 15.3 Å². The highest BCUT2D eigenvalue weighted by Gasteiger charge is 2.61. The minimum atomic E-state index is -1.31. The highest BCUT2D eigenvalue weighted by atomic mass is 32.2. The molecule has 0 radical (unpaired) electrons. The fraction of sp³-hybridized carbons (Fsp3) is 0.826. The number of amides is 2. The summed E-state index contributed by atoms with van der Waals surface area (Å²) >= 11 is 1.57. The maximum Gasteiger partial charge on any atom is 0.527 e. The first-order chi connectivity index (χ1) is 16.2. The van der Waals surface area contributed by atoms with Gasteiger partial charge in [0.1, 0.15) is 17.2 Å². The smallest absolute Gasteiger partial charge is 0.444 e. The van der Waals surface area contributed by atoms with Crippen molar-refractivity contribution in [3.63, 3.8) is 0 Å². The molecule has 3 atom stereocenters. The lowest BCUT2D eigenvalue weighted by Crippen LogP contribution is -2.62. The zero-order valence-corrected chi connectivity index (χ0v) is 23.4. The predicted molar refractivity (Wildman–Crippen MR) is 134 cm³/mol. The highest BCUT2D eigenvalue weighted by molar-refractivity contribution is 8.00. The van der Waals surface area contributed by atoms with Crippen molar-refractivity contribution in [1.29, 1.82) is 5.26 Å². The van der Waals surface area contributed by atoms with Gasteiger partial charge < -0.3 is 24.5 Å². The number of fused-ring (bicyclic) bond motifs is 1. The van der Waals surface area contributed by atoms with Gasteiger partial charge in [-0.3, -0.25) is 4.79 Å². The van der Waals surface area contributed by atoms with Crippen molar-refractivity contribution in [2.24, 2.45) is 5.92 Å². The molecule has 0 aromatic rings. The Morgan fingerprint density at radius 2 is 1.91 bits per heavy atom. The molecule has 3 aliphatic heterocycles. The van der Waals surface area contributed by atoms with Crippen molar-refractivity contribution in [2.45, 2.75) is 88.3 Å². The lowest BCUT2D eigenvalue weighted by molar-refractivity contribution is -0.152. The normalized spacial score (nSPS) is 27.8. The molecule has 0 spiro atoms. The van der Waals surface area contributed by atoms with E-state index in [1.165, 1.54) is 0 Å². The van der Waals surface area contributed by atoms with Crippen LogP contribution < -0.4 is 5.32 Å². The molecule has 2 amide bonds. The van der Waals surface area contributed by atoms with Crippen molar-refractivity contribution < 1.29 is 28.7 Å². The second kappa shape index (κ2) is 10.6. The average molecular weight is 527 g/mol. The van der Waals surface area contributed by atoms with E-state index in [2.05, 4.69) is 31.0 Å². The van der Waals surface area contributed by atoms with Gasteiger partial charge in [0.2, 0.25) is 0 Å². The molecular weight excluding hydrogens is 488 g/mol. The van der Waals surface area contributed by atoms with Gasteiger partial charge in [0, 0.05) is 33.3 Å². The SMILES string of the molecule is CC(C)(C)OC(=O)N[C@]1(C2CCN(OC(=O)OCC[Si](C)(C)C)CC2)C[C@@H]2SC[C@@H](C#N)N2C1=O. The third-order valence-corrected chi connectivity index (χ3v) is 9.50. The molecule has 0 aliphatic carbocycles. The van der Waals surface area contributed by atoms with E-state index < -0.39 is 37.5 Å². The number of carbonyl (C=O) groups excluding carboxylic acids is 3. The number of carbonyl (C=O) groups is 3. The summed E-state index contributed by atoms with van der Waals surface area (Å²) in [6.45, 7) is 13.1. The van der Waals surface area contributed by atoms with Gasteiger partial charge in [0.15, 0.2) is 0 Å². The molecule has 10 nitrogen and oxygen atoms in total. The Balaban J connectivity index is 1.66. The first-order valence-corrected chi connectivity index (χ1v) is 16.9. The number of nitrogens with zero attached hydrogens (tertiary/aromatic N) is 3. The molecule has 1 N–H and O–H groups in total. The van der Waals surface area contributed by atoms with Gasteiger partial charge in [-0.25, -0.2) is 9.59 Å². The van der Waals surface area contributed by atoms with E-state index in [1.54, 1.807) is 42.5 Å². The summed E-state index contributed by atoms with van der Waals surface area (Å²) in [5.41, 5.74) is -1.86. The summed E-state index contributed by atoms with van der Waals surface area (Å²) in [7, 11) is -1.31. The maximum atomic E-state index is 13.7. The Labute approximate surface area is 212 Å². The van der Waals surface area contributed by atoms with Crippen LogP contribution in [0.25, 0.3) is 0 Å². The number of ether oxygens (including phenoxy) is 2. The summed E-state index contributed by atoms with van der Waals surface area (Å²) in [6, 6.07) is 2.58. The van der Waals surface area contributed by atoms with E-state index >= 15 is 0 Å². The predicted octanol–water partition coefficient (Wildman–Crippen LogP) is 3.57. The summed E-state index contributed by atoms with van der Waals surface area (Å²) in [4.78, 5) is 45.6. The van der Waals surface area contributed by atoms with E-state index in [1.807, 2.05) is 0 Å². The fourth-order valence-electron chi connectivity index (χ4n) is 4.73. The van der Waals surface area contributed by atoms with Crippen molar-refractivity contribution in [3.05, 3.63) is 0 Å². The third-order valence-electron chi connectivity index (χ3n) is 6.50. The number of hydrogen-bond donors (Lipinski definition) is 1. The number of thioether (sulfide) groups is 1. The Morgan fingerprint density at radius 1 is 1.26 bits per heavy atom. The van der Waals surface area contributed by atoms with Crippen LogP contribution >= 0.6 is 11.8 Å². The van der Waals surface area contributed by atoms with Crippen LogP contribution in [0.3, 0.4) is 0 Å². The second-order valence-corrected chi connectivity index (χ2v) is 18.5. The van der Waals surface area contributed by atoms with Crippen LogP contribution in [0.4, 0.5) is 9.59 Å². The minimum Gasteiger partial charge on any atom is -0.444 e. The van der Waals surface area contributed by atoms with E-state index in [4.69, 9.17) is 14.3 Å². The topological polar surface area (TPSA) is 121 Å². The molecule has 0 bridgehead atoms. The Bertz CT molecular complexity index is 862. The number of hydroxylamine groups is 2. The van der Waals surface area contributed by atoms with Crippen LogP contribution in [0.5, 0.6) is 0 Å². The summed E-state index contributed by atoms with van der Waals surface area (Å²) in [5, 5.41) is 13.9. The number of nitrogens with one attached hydrogen (secondary N) is 1. The van der Waals surface area contributed by atoms with Crippen molar-refractivity contribution >= 4 is 38.0 Å². The molecule has 3 fully saturated rings. The van der Waals surface area contributed by atoms with Gasteiger partial charge in [-0.2, -0.15) is 5.26 Å². The van der Waals surface area contributed by atoms with E-state index in [9.17, 15) is 19.6 Å². The quantitative estimate of drug-likeness (QED) is 0.409. The van der Waals surface area contributed by atoms with Crippen LogP contribution in [-0.4, -0.2) is 84.2 Å².